The fraction of sp³-hybridized carbons (Fsp3) is 0.0333. The van der Waals surface area contributed by atoms with Gasteiger partial charge in [-0.15, -0.1) is 0 Å². The van der Waals surface area contributed by atoms with Gasteiger partial charge in [0.2, 0.25) is 0 Å². The van der Waals surface area contributed by atoms with Gasteiger partial charge in [-0.05, 0) is 48.0 Å². The summed E-state index contributed by atoms with van der Waals surface area (Å²) in [6.07, 6.45) is 2.03. The molecule has 0 unspecified atom stereocenters. The minimum Gasteiger partial charge on any atom is -0.321 e. The first-order valence-electron chi connectivity index (χ1n) is 11.8. The molecule has 0 radical (unpaired) electrons. The number of carbonyl (C=O) groups excluding carboxylic acids is 1. The fourth-order valence-electron chi connectivity index (χ4n) is 4.32. The zero-order valence-electron chi connectivity index (χ0n) is 19.7. The monoisotopic (exact) mass is 483 g/mol. The lowest BCUT2D eigenvalue weighted by atomic mass is 10.1. The van der Waals surface area contributed by atoms with E-state index in [9.17, 15) is 9.59 Å². The molecule has 0 saturated heterocycles. The first kappa shape index (κ1) is 22.3. The summed E-state index contributed by atoms with van der Waals surface area (Å²) in [5.74, 6) is -0.335. The van der Waals surface area contributed by atoms with E-state index in [0.29, 0.717) is 40.3 Å². The summed E-state index contributed by atoms with van der Waals surface area (Å²) < 4.78 is 1.55. The quantitative estimate of drug-likeness (QED) is 0.365. The second-order valence-electron chi connectivity index (χ2n) is 8.60. The fourth-order valence-corrected chi connectivity index (χ4v) is 4.32. The standard InChI is InChI=1S/C30H21N5O2/c36-29(26-16-15-21-10-4-5-13-24(21)33-26)32-22-11-6-12-23(19-22)35-28-25(14-7-17-31-28)34-27(30(35)37)18-20-8-2-1-3-9-20/h1-17,19H,18H2,(H,32,36). The molecule has 178 valence electrons. The van der Waals surface area contributed by atoms with E-state index >= 15 is 0 Å². The van der Waals surface area contributed by atoms with Gasteiger partial charge >= 0.3 is 0 Å². The molecule has 7 heteroatoms. The van der Waals surface area contributed by atoms with Gasteiger partial charge in [0.15, 0.2) is 5.65 Å². The second-order valence-corrected chi connectivity index (χ2v) is 8.60. The molecule has 0 aliphatic rings. The third kappa shape index (κ3) is 4.46. The van der Waals surface area contributed by atoms with Crippen LogP contribution in [0.2, 0.25) is 0 Å². The van der Waals surface area contributed by atoms with E-state index < -0.39 is 0 Å². The van der Waals surface area contributed by atoms with Crippen molar-refractivity contribution in [3.63, 3.8) is 0 Å². The summed E-state index contributed by atoms with van der Waals surface area (Å²) in [7, 11) is 0. The van der Waals surface area contributed by atoms with Gasteiger partial charge in [-0.1, -0.05) is 60.7 Å². The first-order valence-corrected chi connectivity index (χ1v) is 11.8. The molecule has 3 aromatic heterocycles. The number of aromatic nitrogens is 4. The summed E-state index contributed by atoms with van der Waals surface area (Å²) in [5.41, 5.74) is 4.39. The molecule has 1 N–H and O–H groups in total. The Bertz CT molecular complexity index is 1830. The lowest BCUT2D eigenvalue weighted by molar-refractivity contribution is 0.102. The zero-order chi connectivity index (χ0) is 25.2. The Morgan fingerprint density at radius 2 is 1.59 bits per heavy atom. The van der Waals surface area contributed by atoms with Crippen LogP contribution in [0.15, 0.2) is 114 Å². The van der Waals surface area contributed by atoms with Gasteiger partial charge in [-0.25, -0.2) is 15.0 Å². The number of hydrogen-bond acceptors (Lipinski definition) is 5. The van der Waals surface area contributed by atoms with Crippen LogP contribution in [0.4, 0.5) is 5.69 Å². The topological polar surface area (TPSA) is 89.8 Å². The number of anilines is 1. The Balaban J connectivity index is 1.38. The van der Waals surface area contributed by atoms with Crippen molar-refractivity contribution in [3.8, 4) is 5.69 Å². The van der Waals surface area contributed by atoms with Crippen LogP contribution in [0.3, 0.4) is 0 Å². The zero-order valence-corrected chi connectivity index (χ0v) is 19.7. The van der Waals surface area contributed by atoms with Crippen LogP contribution in [-0.4, -0.2) is 25.4 Å². The smallest absolute Gasteiger partial charge is 0.278 e. The van der Waals surface area contributed by atoms with Crippen LogP contribution in [0.5, 0.6) is 0 Å². The molecule has 0 atom stereocenters. The highest BCUT2D eigenvalue weighted by Crippen LogP contribution is 2.19. The van der Waals surface area contributed by atoms with E-state index in [1.165, 1.54) is 0 Å². The van der Waals surface area contributed by atoms with Crippen LogP contribution >= 0.6 is 0 Å². The highest BCUT2D eigenvalue weighted by molar-refractivity contribution is 6.04. The number of rotatable bonds is 5. The minimum absolute atomic E-state index is 0.255. The van der Waals surface area contributed by atoms with Crippen molar-refractivity contribution in [3.05, 3.63) is 137 Å². The molecule has 0 aliphatic heterocycles. The summed E-state index contributed by atoms with van der Waals surface area (Å²) in [5, 5.41) is 3.86. The van der Waals surface area contributed by atoms with Gasteiger partial charge in [-0.2, -0.15) is 0 Å². The van der Waals surface area contributed by atoms with Crippen molar-refractivity contribution < 1.29 is 4.79 Å². The maximum absolute atomic E-state index is 13.6. The molecule has 6 rings (SSSR count). The number of hydrogen-bond donors (Lipinski definition) is 1. The van der Waals surface area contributed by atoms with Gasteiger partial charge < -0.3 is 5.32 Å². The summed E-state index contributed by atoms with van der Waals surface area (Å²) in [4.78, 5) is 40.1. The lowest BCUT2D eigenvalue weighted by Gasteiger charge is -2.13. The summed E-state index contributed by atoms with van der Waals surface area (Å²) in [6, 6.07) is 31.7. The van der Waals surface area contributed by atoms with Crippen molar-refractivity contribution >= 4 is 33.7 Å². The summed E-state index contributed by atoms with van der Waals surface area (Å²) in [6.45, 7) is 0. The number of nitrogens with one attached hydrogen (secondary N) is 1. The molecule has 3 aromatic carbocycles. The molecule has 0 spiro atoms. The normalized spacial score (nSPS) is 11.0. The van der Waals surface area contributed by atoms with Gasteiger partial charge in [0.1, 0.15) is 16.9 Å². The minimum atomic E-state index is -0.335. The predicted molar refractivity (Wildman–Crippen MR) is 144 cm³/mol. The largest absolute Gasteiger partial charge is 0.321 e. The maximum Gasteiger partial charge on any atom is 0.278 e. The van der Waals surface area contributed by atoms with Gasteiger partial charge in [0.05, 0.1) is 11.2 Å². The average molecular weight is 484 g/mol. The van der Waals surface area contributed by atoms with Gasteiger partial charge in [-0.3, -0.25) is 14.2 Å². The Labute approximate surface area is 212 Å². The van der Waals surface area contributed by atoms with Crippen LogP contribution in [0.1, 0.15) is 21.7 Å². The van der Waals surface area contributed by atoms with Crippen molar-refractivity contribution in [2.24, 2.45) is 0 Å². The molecule has 0 fully saturated rings. The molecular weight excluding hydrogens is 462 g/mol. The number of nitrogens with zero attached hydrogens (tertiary/aromatic N) is 4. The number of para-hydroxylation sites is 1. The van der Waals surface area contributed by atoms with Crippen LogP contribution in [0.25, 0.3) is 27.8 Å². The molecule has 0 aliphatic carbocycles. The second kappa shape index (κ2) is 9.47. The average Bonchev–Trinajstić information content (AvgIpc) is 2.94. The summed E-state index contributed by atoms with van der Waals surface area (Å²) >= 11 is 0. The number of pyridine rings is 2. The third-order valence-electron chi connectivity index (χ3n) is 6.09. The Morgan fingerprint density at radius 3 is 2.49 bits per heavy atom. The number of amides is 1. The molecule has 3 heterocycles. The highest BCUT2D eigenvalue weighted by Gasteiger charge is 2.15. The highest BCUT2D eigenvalue weighted by atomic mass is 16.2. The Kier molecular flexibility index (Phi) is 5.71. The van der Waals surface area contributed by atoms with E-state index in [1.807, 2.05) is 72.8 Å². The number of carbonyl (C=O) groups is 1. The van der Waals surface area contributed by atoms with Crippen molar-refractivity contribution in [2.75, 3.05) is 5.32 Å². The van der Waals surface area contributed by atoms with E-state index in [-0.39, 0.29) is 11.5 Å². The molecular formula is C30H21N5O2. The van der Waals surface area contributed by atoms with Crippen molar-refractivity contribution in [2.45, 2.75) is 6.42 Å². The third-order valence-corrected chi connectivity index (χ3v) is 6.09. The number of benzene rings is 3. The van der Waals surface area contributed by atoms with Crippen LogP contribution in [-0.2, 0) is 6.42 Å². The van der Waals surface area contributed by atoms with E-state index in [0.717, 1.165) is 16.5 Å². The van der Waals surface area contributed by atoms with Crippen molar-refractivity contribution in [1.82, 2.24) is 19.5 Å². The van der Waals surface area contributed by atoms with E-state index in [1.54, 1.807) is 41.1 Å². The van der Waals surface area contributed by atoms with Gasteiger partial charge in [0.25, 0.3) is 11.5 Å². The molecule has 1 amide bonds. The van der Waals surface area contributed by atoms with Gasteiger partial charge in [0, 0.05) is 23.7 Å². The lowest BCUT2D eigenvalue weighted by Crippen LogP contribution is -2.25. The first-order chi connectivity index (χ1) is 18.2. The SMILES string of the molecule is O=C(Nc1cccc(-n2c(=O)c(Cc3ccccc3)nc3cccnc32)c1)c1ccc2ccccc2n1. The molecule has 0 bridgehead atoms. The van der Waals surface area contributed by atoms with E-state index in [4.69, 9.17) is 0 Å². The predicted octanol–water partition coefficient (Wildman–Crippen LogP) is 5.17. The molecule has 37 heavy (non-hydrogen) atoms. The molecule has 7 nitrogen and oxygen atoms in total. The Morgan fingerprint density at radius 1 is 0.784 bits per heavy atom. The maximum atomic E-state index is 13.6. The van der Waals surface area contributed by atoms with E-state index in [2.05, 4.69) is 20.3 Å². The molecule has 0 saturated carbocycles. The van der Waals surface area contributed by atoms with Crippen LogP contribution in [0, 0.1) is 0 Å². The van der Waals surface area contributed by atoms with Crippen molar-refractivity contribution in [1.29, 1.82) is 0 Å². The van der Waals surface area contributed by atoms with Crippen LogP contribution < -0.4 is 10.9 Å². The Hall–Kier alpha value is -5.17. The molecule has 6 aromatic rings. The number of fused-ring (bicyclic) bond motifs is 2.